The van der Waals surface area contributed by atoms with Crippen LogP contribution < -0.4 is 5.73 Å². The highest BCUT2D eigenvalue weighted by molar-refractivity contribution is 5.12. The Hall–Kier alpha value is -0.870. The first-order valence-corrected chi connectivity index (χ1v) is 7.96. The summed E-state index contributed by atoms with van der Waals surface area (Å²) in [5.41, 5.74) is 8.71. The van der Waals surface area contributed by atoms with Crippen LogP contribution in [-0.4, -0.2) is 28.0 Å². The van der Waals surface area contributed by atoms with Crippen molar-refractivity contribution in [3.05, 3.63) is 17.5 Å². The van der Waals surface area contributed by atoms with Crippen molar-refractivity contribution in [1.82, 2.24) is 9.78 Å². The molecule has 20 heavy (non-hydrogen) atoms. The Morgan fingerprint density at radius 2 is 2.00 bits per heavy atom. The van der Waals surface area contributed by atoms with E-state index in [2.05, 4.69) is 18.1 Å². The molecule has 4 nitrogen and oxygen atoms in total. The van der Waals surface area contributed by atoms with Gasteiger partial charge >= 0.3 is 0 Å². The minimum Gasteiger partial charge on any atom is -0.374 e. The fraction of sp³-hybridized carbons (Fsp3) is 0.812. The summed E-state index contributed by atoms with van der Waals surface area (Å²) in [5, 5.41) is 4.42. The molecule has 4 heteroatoms. The van der Waals surface area contributed by atoms with Gasteiger partial charge in [0.2, 0.25) is 0 Å². The smallest absolute Gasteiger partial charge is 0.0836 e. The van der Waals surface area contributed by atoms with Gasteiger partial charge in [-0.2, -0.15) is 5.10 Å². The number of rotatable bonds is 5. The summed E-state index contributed by atoms with van der Waals surface area (Å²) in [4.78, 5) is 0. The minimum absolute atomic E-state index is 0.0512. The third-order valence-corrected chi connectivity index (χ3v) is 4.59. The van der Waals surface area contributed by atoms with Crippen molar-refractivity contribution in [1.29, 1.82) is 0 Å². The number of hydrogen-bond donors (Lipinski definition) is 1. The summed E-state index contributed by atoms with van der Waals surface area (Å²) in [7, 11) is 2.00. The van der Waals surface area contributed by atoms with Crippen LogP contribution in [0.1, 0.15) is 56.8 Å². The predicted molar refractivity (Wildman–Crippen MR) is 81.7 cm³/mol. The maximum Gasteiger partial charge on any atom is 0.0836 e. The first-order chi connectivity index (χ1) is 9.57. The quantitative estimate of drug-likeness (QED) is 0.843. The molecule has 0 amide bonds. The van der Waals surface area contributed by atoms with E-state index in [4.69, 9.17) is 10.5 Å². The highest BCUT2D eigenvalue weighted by Gasteiger charge is 2.38. The van der Waals surface area contributed by atoms with Crippen LogP contribution in [0.15, 0.2) is 6.07 Å². The Balaban J connectivity index is 2.13. The standard InChI is InChI=1S/C16H29N3O/c1-4-20-16(9-7-5-6-8-10-16)15(17)12-14-11-13(2)18-19(14)3/h11,15H,4-10,12,17H2,1-3H3. The average Bonchev–Trinajstić information content (AvgIpc) is 2.62. The van der Waals surface area contributed by atoms with E-state index in [-0.39, 0.29) is 11.6 Å². The number of nitrogens with two attached hydrogens (primary N) is 1. The largest absolute Gasteiger partial charge is 0.374 e. The molecule has 1 aliphatic rings. The Labute approximate surface area is 122 Å². The summed E-state index contributed by atoms with van der Waals surface area (Å²) >= 11 is 0. The molecule has 1 heterocycles. The Morgan fingerprint density at radius 1 is 1.35 bits per heavy atom. The summed E-state index contributed by atoms with van der Waals surface area (Å²) in [5.74, 6) is 0. The van der Waals surface area contributed by atoms with Crippen molar-refractivity contribution >= 4 is 0 Å². The lowest BCUT2D eigenvalue weighted by molar-refractivity contribution is -0.0686. The third-order valence-electron chi connectivity index (χ3n) is 4.59. The van der Waals surface area contributed by atoms with Crippen LogP contribution >= 0.6 is 0 Å². The highest BCUT2D eigenvalue weighted by Crippen LogP contribution is 2.34. The molecule has 1 aromatic heterocycles. The normalized spacial score (nSPS) is 20.6. The summed E-state index contributed by atoms with van der Waals surface area (Å²) in [6.07, 6.45) is 8.13. The summed E-state index contributed by atoms with van der Waals surface area (Å²) in [6.45, 7) is 4.85. The fourth-order valence-electron chi connectivity index (χ4n) is 3.50. The van der Waals surface area contributed by atoms with Crippen LogP contribution in [0.4, 0.5) is 0 Å². The number of nitrogens with zero attached hydrogens (tertiary/aromatic N) is 2. The fourth-order valence-corrected chi connectivity index (χ4v) is 3.50. The van der Waals surface area contributed by atoms with Gasteiger partial charge in [0.1, 0.15) is 0 Å². The van der Waals surface area contributed by atoms with E-state index in [0.29, 0.717) is 0 Å². The number of hydrogen-bond acceptors (Lipinski definition) is 3. The van der Waals surface area contributed by atoms with E-state index < -0.39 is 0 Å². The van der Waals surface area contributed by atoms with Gasteiger partial charge in [0.05, 0.1) is 11.3 Å². The van der Waals surface area contributed by atoms with E-state index in [9.17, 15) is 0 Å². The van der Waals surface area contributed by atoms with Crippen molar-refractivity contribution in [3.8, 4) is 0 Å². The third kappa shape index (κ3) is 3.41. The minimum atomic E-state index is -0.135. The van der Waals surface area contributed by atoms with Crippen molar-refractivity contribution in [2.45, 2.75) is 70.4 Å². The molecule has 1 fully saturated rings. The molecule has 1 atom stereocenters. The predicted octanol–water partition coefficient (Wildman–Crippen LogP) is 2.73. The van der Waals surface area contributed by atoms with Gasteiger partial charge in [-0.15, -0.1) is 0 Å². The molecule has 0 aromatic carbocycles. The van der Waals surface area contributed by atoms with E-state index in [1.165, 1.54) is 31.4 Å². The lowest BCUT2D eigenvalue weighted by atomic mass is 9.84. The van der Waals surface area contributed by atoms with Crippen LogP contribution in [0.25, 0.3) is 0 Å². The Morgan fingerprint density at radius 3 is 2.50 bits per heavy atom. The van der Waals surface area contributed by atoms with Gasteiger partial charge in [0.25, 0.3) is 0 Å². The van der Waals surface area contributed by atoms with Gasteiger partial charge in [-0.3, -0.25) is 4.68 Å². The Bertz CT molecular complexity index is 419. The molecule has 0 aliphatic heterocycles. The van der Waals surface area contributed by atoms with Gasteiger partial charge in [-0.05, 0) is 32.8 Å². The van der Waals surface area contributed by atoms with E-state index in [0.717, 1.165) is 31.6 Å². The molecule has 1 aliphatic carbocycles. The molecular formula is C16H29N3O. The van der Waals surface area contributed by atoms with Gasteiger partial charge in [0, 0.05) is 31.8 Å². The zero-order chi connectivity index (χ0) is 14.6. The average molecular weight is 279 g/mol. The van der Waals surface area contributed by atoms with Crippen molar-refractivity contribution in [3.63, 3.8) is 0 Å². The molecule has 114 valence electrons. The molecule has 0 radical (unpaired) electrons. The highest BCUT2D eigenvalue weighted by atomic mass is 16.5. The molecule has 1 saturated carbocycles. The van der Waals surface area contributed by atoms with Crippen LogP contribution in [0.5, 0.6) is 0 Å². The summed E-state index contributed by atoms with van der Waals surface area (Å²) < 4.78 is 8.13. The second-order valence-electron chi connectivity index (χ2n) is 6.12. The van der Waals surface area contributed by atoms with Crippen molar-refractivity contribution in [2.75, 3.05) is 6.61 Å². The lowest BCUT2D eigenvalue weighted by Gasteiger charge is -2.38. The molecule has 0 spiro atoms. The number of aryl methyl sites for hydroxylation is 2. The van der Waals surface area contributed by atoms with Crippen LogP contribution in [0, 0.1) is 6.92 Å². The first-order valence-electron chi connectivity index (χ1n) is 7.96. The maximum absolute atomic E-state index is 6.58. The molecule has 0 saturated heterocycles. The van der Waals surface area contributed by atoms with Crippen LogP contribution in [-0.2, 0) is 18.2 Å². The molecule has 1 unspecified atom stereocenters. The molecule has 1 aromatic rings. The van der Waals surface area contributed by atoms with Gasteiger partial charge in [-0.1, -0.05) is 25.7 Å². The van der Waals surface area contributed by atoms with E-state index >= 15 is 0 Å². The van der Waals surface area contributed by atoms with Crippen LogP contribution in [0.3, 0.4) is 0 Å². The topological polar surface area (TPSA) is 53.1 Å². The van der Waals surface area contributed by atoms with Crippen molar-refractivity contribution < 1.29 is 4.74 Å². The van der Waals surface area contributed by atoms with E-state index in [1.54, 1.807) is 0 Å². The SMILES string of the molecule is CCOC1(C(N)Cc2cc(C)nn2C)CCCCCC1. The lowest BCUT2D eigenvalue weighted by Crippen LogP contribution is -2.51. The second-order valence-corrected chi connectivity index (χ2v) is 6.12. The van der Waals surface area contributed by atoms with Crippen molar-refractivity contribution in [2.24, 2.45) is 12.8 Å². The van der Waals surface area contributed by atoms with Gasteiger partial charge in [0.15, 0.2) is 0 Å². The van der Waals surface area contributed by atoms with E-state index in [1.807, 2.05) is 18.7 Å². The Kier molecular flexibility index (Phi) is 5.22. The van der Waals surface area contributed by atoms with Gasteiger partial charge in [-0.25, -0.2) is 0 Å². The zero-order valence-electron chi connectivity index (χ0n) is 13.2. The first kappa shape index (κ1) is 15.5. The molecular weight excluding hydrogens is 250 g/mol. The molecule has 2 N–H and O–H groups in total. The molecule has 0 bridgehead atoms. The number of aromatic nitrogens is 2. The second kappa shape index (κ2) is 6.72. The number of ether oxygens (including phenoxy) is 1. The monoisotopic (exact) mass is 279 g/mol. The summed E-state index contributed by atoms with van der Waals surface area (Å²) in [6, 6.07) is 2.19. The van der Waals surface area contributed by atoms with Gasteiger partial charge < -0.3 is 10.5 Å². The zero-order valence-corrected chi connectivity index (χ0v) is 13.2. The van der Waals surface area contributed by atoms with Crippen LogP contribution in [0.2, 0.25) is 0 Å². The maximum atomic E-state index is 6.58. The molecule has 2 rings (SSSR count).